The van der Waals surface area contributed by atoms with E-state index in [-0.39, 0.29) is 5.82 Å². The van der Waals surface area contributed by atoms with Crippen LogP contribution in [0, 0.1) is 5.82 Å². The van der Waals surface area contributed by atoms with Crippen LogP contribution >= 0.6 is 23.2 Å². The molecule has 94 valence electrons. The van der Waals surface area contributed by atoms with Crippen LogP contribution in [0.5, 0.6) is 0 Å². The van der Waals surface area contributed by atoms with Gasteiger partial charge < -0.3 is 0 Å². The smallest absolute Gasteiger partial charge is 0.139 e. The molecule has 0 aliphatic rings. The van der Waals surface area contributed by atoms with Gasteiger partial charge in [-0.3, -0.25) is 0 Å². The van der Waals surface area contributed by atoms with E-state index >= 15 is 0 Å². The molecule has 0 spiro atoms. The van der Waals surface area contributed by atoms with Crippen LogP contribution in [0.4, 0.5) is 4.39 Å². The van der Waals surface area contributed by atoms with Gasteiger partial charge in [0.2, 0.25) is 0 Å². The zero-order valence-electron chi connectivity index (χ0n) is 9.70. The minimum Gasteiger partial charge on any atom is -0.235 e. The quantitative estimate of drug-likeness (QED) is 0.551. The molecular weight excluding hydrogens is 284 g/mol. The van der Waals surface area contributed by atoms with Gasteiger partial charge in [0.1, 0.15) is 11.0 Å². The van der Waals surface area contributed by atoms with Crippen molar-refractivity contribution in [1.82, 2.24) is 4.98 Å². The minimum atomic E-state index is -0.350. The van der Waals surface area contributed by atoms with Crippen molar-refractivity contribution in [3.05, 3.63) is 64.5 Å². The van der Waals surface area contributed by atoms with Crippen LogP contribution in [0.2, 0.25) is 10.2 Å². The van der Waals surface area contributed by atoms with Crippen molar-refractivity contribution in [3.63, 3.8) is 0 Å². The largest absolute Gasteiger partial charge is 0.235 e. The summed E-state index contributed by atoms with van der Waals surface area (Å²) in [6.07, 6.45) is 0. The van der Waals surface area contributed by atoms with Crippen LogP contribution in [0.1, 0.15) is 0 Å². The van der Waals surface area contributed by atoms with Gasteiger partial charge in [-0.1, -0.05) is 53.5 Å². The Morgan fingerprint density at radius 3 is 2.42 bits per heavy atom. The van der Waals surface area contributed by atoms with Crippen LogP contribution in [-0.2, 0) is 0 Å². The van der Waals surface area contributed by atoms with Gasteiger partial charge >= 0.3 is 0 Å². The lowest BCUT2D eigenvalue weighted by Crippen LogP contribution is -1.89. The molecule has 3 rings (SSSR count). The minimum absolute atomic E-state index is 0.315. The molecule has 0 fully saturated rings. The predicted octanol–water partition coefficient (Wildman–Crippen LogP) is 5.35. The number of hydrogen-bond donors (Lipinski definition) is 0. The average Bonchev–Trinajstić information content (AvgIpc) is 2.41. The molecule has 0 radical (unpaired) electrons. The number of fused-ring (bicyclic) bond motifs is 1. The first kappa shape index (κ1) is 12.4. The van der Waals surface area contributed by atoms with E-state index in [1.54, 1.807) is 6.07 Å². The highest BCUT2D eigenvalue weighted by atomic mass is 35.5. The molecule has 19 heavy (non-hydrogen) atoms. The summed E-state index contributed by atoms with van der Waals surface area (Å²) in [7, 11) is 0. The highest BCUT2D eigenvalue weighted by molar-refractivity contribution is 6.42. The Labute approximate surface area is 119 Å². The molecule has 4 heteroatoms. The molecule has 0 aliphatic heterocycles. The molecule has 0 amide bonds. The monoisotopic (exact) mass is 291 g/mol. The van der Waals surface area contributed by atoms with Gasteiger partial charge in [0.05, 0.1) is 10.5 Å². The van der Waals surface area contributed by atoms with Gasteiger partial charge in [0.25, 0.3) is 0 Å². The summed E-state index contributed by atoms with van der Waals surface area (Å²) in [4.78, 5) is 4.27. The highest BCUT2D eigenvalue weighted by Gasteiger charge is 2.14. The zero-order chi connectivity index (χ0) is 13.4. The van der Waals surface area contributed by atoms with Crippen LogP contribution < -0.4 is 0 Å². The van der Waals surface area contributed by atoms with Crippen molar-refractivity contribution in [3.8, 4) is 11.1 Å². The second-order valence-electron chi connectivity index (χ2n) is 4.12. The van der Waals surface area contributed by atoms with Gasteiger partial charge in [-0.15, -0.1) is 0 Å². The maximum Gasteiger partial charge on any atom is 0.139 e. The fourth-order valence-electron chi connectivity index (χ4n) is 2.02. The van der Waals surface area contributed by atoms with Gasteiger partial charge in [-0.05, 0) is 23.8 Å². The lowest BCUT2D eigenvalue weighted by atomic mass is 10.1. The van der Waals surface area contributed by atoms with E-state index in [4.69, 9.17) is 23.2 Å². The van der Waals surface area contributed by atoms with E-state index in [1.165, 1.54) is 12.1 Å². The van der Waals surface area contributed by atoms with E-state index < -0.39 is 0 Å². The topological polar surface area (TPSA) is 12.9 Å². The first-order valence-corrected chi connectivity index (χ1v) is 6.42. The maximum absolute atomic E-state index is 13.3. The molecule has 0 saturated heterocycles. The number of benzene rings is 2. The lowest BCUT2D eigenvalue weighted by Gasteiger charge is -2.09. The van der Waals surface area contributed by atoms with Crippen molar-refractivity contribution in [1.29, 1.82) is 0 Å². The number of nitrogens with zero attached hydrogens (tertiary/aromatic N) is 1. The summed E-state index contributed by atoms with van der Waals surface area (Å²) < 4.78 is 13.3. The summed E-state index contributed by atoms with van der Waals surface area (Å²) in [5.41, 5.74) is 2.06. The zero-order valence-corrected chi connectivity index (χ0v) is 11.2. The van der Waals surface area contributed by atoms with E-state index in [2.05, 4.69) is 4.98 Å². The van der Waals surface area contributed by atoms with Crippen LogP contribution in [0.15, 0.2) is 48.5 Å². The Morgan fingerprint density at radius 2 is 1.68 bits per heavy atom. The summed E-state index contributed by atoms with van der Waals surface area (Å²) >= 11 is 12.6. The summed E-state index contributed by atoms with van der Waals surface area (Å²) in [5.74, 6) is -0.350. The molecule has 1 nitrogen and oxygen atoms in total. The molecule has 3 aromatic rings. The van der Waals surface area contributed by atoms with E-state index in [0.717, 1.165) is 5.56 Å². The molecule has 0 unspecified atom stereocenters. The SMILES string of the molecule is Fc1ccc2nc(Cl)c(-c3ccccc3)c(Cl)c2c1. The van der Waals surface area contributed by atoms with Crippen LogP contribution in [0.3, 0.4) is 0 Å². The first-order chi connectivity index (χ1) is 9.16. The number of pyridine rings is 1. The standard InChI is InChI=1S/C15H8Cl2FN/c16-14-11-8-10(18)6-7-12(11)19-15(17)13(14)9-4-2-1-3-5-9/h1-8H. The average molecular weight is 292 g/mol. The highest BCUT2D eigenvalue weighted by Crippen LogP contribution is 2.38. The van der Waals surface area contributed by atoms with Gasteiger partial charge in [0, 0.05) is 10.9 Å². The fraction of sp³-hybridized carbons (Fsp3) is 0. The van der Waals surface area contributed by atoms with Gasteiger partial charge in [-0.25, -0.2) is 9.37 Å². The Morgan fingerprint density at radius 1 is 0.947 bits per heavy atom. The van der Waals surface area contributed by atoms with Crippen molar-refractivity contribution in [2.75, 3.05) is 0 Å². The predicted molar refractivity (Wildman–Crippen MR) is 77.2 cm³/mol. The van der Waals surface area contributed by atoms with Crippen molar-refractivity contribution in [2.45, 2.75) is 0 Å². The molecule has 0 saturated carbocycles. The third-order valence-corrected chi connectivity index (χ3v) is 3.57. The number of aromatic nitrogens is 1. The molecule has 1 aromatic heterocycles. The van der Waals surface area contributed by atoms with Gasteiger partial charge in [-0.2, -0.15) is 0 Å². The number of rotatable bonds is 1. The Balaban J connectivity index is 2.37. The van der Waals surface area contributed by atoms with Crippen molar-refractivity contribution in [2.24, 2.45) is 0 Å². The second kappa shape index (κ2) is 4.80. The normalized spacial score (nSPS) is 10.9. The van der Waals surface area contributed by atoms with Crippen LogP contribution in [0.25, 0.3) is 22.0 Å². The van der Waals surface area contributed by atoms with Crippen molar-refractivity contribution < 1.29 is 4.39 Å². The van der Waals surface area contributed by atoms with Crippen molar-refractivity contribution >= 4 is 34.1 Å². The summed E-state index contributed by atoms with van der Waals surface area (Å²) in [6, 6.07) is 13.7. The van der Waals surface area contributed by atoms with Crippen LogP contribution in [-0.4, -0.2) is 4.98 Å². The number of halogens is 3. The lowest BCUT2D eigenvalue weighted by molar-refractivity contribution is 0.629. The maximum atomic E-state index is 13.3. The second-order valence-corrected chi connectivity index (χ2v) is 4.86. The number of hydrogen-bond acceptors (Lipinski definition) is 1. The third kappa shape index (κ3) is 2.18. The molecular formula is C15H8Cl2FN. The molecule has 2 aromatic carbocycles. The molecule has 0 bridgehead atoms. The summed E-state index contributed by atoms with van der Waals surface area (Å²) in [6.45, 7) is 0. The summed E-state index contributed by atoms with van der Waals surface area (Å²) in [5, 5.41) is 1.29. The van der Waals surface area contributed by atoms with Gasteiger partial charge in [0.15, 0.2) is 0 Å². The molecule has 1 heterocycles. The third-order valence-electron chi connectivity index (χ3n) is 2.90. The first-order valence-electron chi connectivity index (χ1n) is 5.66. The van der Waals surface area contributed by atoms with E-state index in [0.29, 0.717) is 26.6 Å². The van der Waals surface area contributed by atoms with E-state index in [1.807, 2.05) is 30.3 Å². The molecule has 0 N–H and O–H groups in total. The molecule has 0 aliphatic carbocycles. The Hall–Kier alpha value is -1.64. The molecule has 0 atom stereocenters. The van der Waals surface area contributed by atoms with E-state index in [9.17, 15) is 4.39 Å². The Bertz CT molecular complexity index is 757. The Kier molecular flexibility index (Phi) is 3.13. The fourth-order valence-corrected chi connectivity index (χ4v) is 2.71.